The number of hydrogen-bond donors (Lipinski definition) is 1. The van der Waals surface area contributed by atoms with Crippen molar-refractivity contribution < 1.29 is 24.2 Å². The van der Waals surface area contributed by atoms with E-state index in [9.17, 15) is 14.7 Å². The van der Waals surface area contributed by atoms with Gasteiger partial charge in [0.2, 0.25) is 0 Å². The maximum atomic E-state index is 12.2. The summed E-state index contributed by atoms with van der Waals surface area (Å²) in [5.74, 6) is -2.83. The van der Waals surface area contributed by atoms with Crippen molar-refractivity contribution in [3.8, 4) is 5.75 Å². The van der Waals surface area contributed by atoms with Crippen LogP contribution in [0.3, 0.4) is 0 Å². The van der Waals surface area contributed by atoms with Crippen LogP contribution in [0.25, 0.3) is 6.08 Å². The van der Waals surface area contributed by atoms with E-state index in [0.717, 1.165) is 12.8 Å². The fourth-order valence-corrected chi connectivity index (χ4v) is 3.43. The molecule has 1 saturated heterocycles. The summed E-state index contributed by atoms with van der Waals surface area (Å²) < 4.78 is 11.7. The Morgan fingerprint density at radius 2 is 1.83 bits per heavy atom. The zero-order valence-corrected chi connectivity index (χ0v) is 15.9. The van der Waals surface area contributed by atoms with Crippen LogP contribution in [0.4, 0.5) is 0 Å². The summed E-state index contributed by atoms with van der Waals surface area (Å²) in [6, 6.07) is 3.23. The number of carbonyl (C=O) groups is 2. The molecule has 1 aliphatic heterocycles. The number of cyclic esters (lactones) is 2. The Labute approximate surface area is 150 Å². The highest BCUT2D eigenvalue weighted by Gasteiger charge is 2.42. The SMILES string of the molecule is CCCCC1(C)OC(=O)C(=Cc2cc(Br)cc(Br)c2O)C(=O)O1. The highest BCUT2D eigenvalue weighted by atomic mass is 79.9. The van der Waals surface area contributed by atoms with Gasteiger partial charge in [-0.3, -0.25) is 0 Å². The molecule has 0 saturated carbocycles. The Bertz CT molecular complexity index is 661. The quantitative estimate of drug-likeness (QED) is 0.423. The fourth-order valence-electron chi connectivity index (χ4n) is 2.18. The Morgan fingerprint density at radius 3 is 2.39 bits per heavy atom. The number of phenolic OH excluding ortho intramolecular Hbond substituents is 1. The van der Waals surface area contributed by atoms with E-state index in [1.807, 2.05) is 6.92 Å². The molecule has 0 amide bonds. The number of aromatic hydroxyl groups is 1. The van der Waals surface area contributed by atoms with Gasteiger partial charge in [-0.25, -0.2) is 9.59 Å². The third-order valence-corrected chi connectivity index (χ3v) is 4.46. The molecule has 5 nitrogen and oxygen atoms in total. The minimum Gasteiger partial charge on any atom is -0.506 e. The van der Waals surface area contributed by atoms with Gasteiger partial charge >= 0.3 is 11.9 Å². The van der Waals surface area contributed by atoms with Crippen molar-refractivity contribution in [1.82, 2.24) is 0 Å². The van der Waals surface area contributed by atoms with Crippen molar-refractivity contribution in [3.05, 3.63) is 32.2 Å². The van der Waals surface area contributed by atoms with Crippen molar-refractivity contribution in [1.29, 1.82) is 0 Å². The molecule has 0 bridgehead atoms. The van der Waals surface area contributed by atoms with Gasteiger partial charge in [-0.1, -0.05) is 29.3 Å². The third kappa shape index (κ3) is 4.14. The van der Waals surface area contributed by atoms with E-state index in [0.29, 0.717) is 20.9 Å². The molecule has 0 spiro atoms. The molecule has 0 aliphatic carbocycles. The van der Waals surface area contributed by atoms with Crippen molar-refractivity contribution >= 4 is 49.9 Å². The number of rotatable bonds is 4. The lowest BCUT2D eigenvalue weighted by molar-refractivity contribution is -0.230. The van der Waals surface area contributed by atoms with E-state index in [2.05, 4.69) is 31.9 Å². The molecular weight excluding hydrogens is 432 g/mol. The average molecular weight is 448 g/mol. The number of unbranched alkanes of at least 4 members (excludes halogenated alkanes) is 1. The number of hydrogen-bond acceptors (Lipinski definition) is 5. The van der Waals surface area contributed by atoms with Gasteiger partial charge in [-0.15, -0.1) is 0 Å². The van der Waals surface area contributed by atoms with Crippen LogP contribution in [0.2, 0.25) is 0 Å². The maximum absolute atomic E-state index is 12.2. The Kier molecular flexibility index (Phi) is 5.52. The molecule has 23 heavy (non-hydrogen) atoms. The van der Waals surface area contributed by atoms with Gasteiger partial charge in [0.05, 0.1) is 4.47 Å². The summed E-state index contributed by atoms with van der Waals surface area (Å²) in [6.45, 7) is 3.57. The predicted molar refractivity (Wildman–Crippen MR) is 91.6 cm³/mol. The van der Waals surface area contributed by atoms with Crippen LogP contribution in [0.5, 0.6) is 5.75 Å². The van der Waals surface area contributed by atoms with Gasteiger partial charge in [0, 0.05) is 23.4 Å². The molecule has 1 aromatic rings. The average Bonchev–Trinajstić information content (AvgIpc) is 2.45. The Hall–Kier alpha value is -1.34. The summed E-state index contributed by atoms with van der Waals surface area (Å²) in [7, 11) is 0. The van der Waals surface area contributed by atoms with E-state index in [1.165, 1.54) is 6.08 Å². The summed E-state index contributed by atoms with van der Waals surface area (Å²) in [4.78, 5) is 24.3. The van der Waals surface area contributed by atoms with Gasteiger partial charge in [0.25, 0.3) is 5.79 Å². The molecule has 0 unspecified atom stereocenters. The molecule has 0 atom stereocenters. The third-order valence-electron chi connectivity index (χ3n) is 3.40. The summed E-state index contributed by atoms with van der Waals surface area (Å²) >= 11 is 6.48. The molecule has 1 heterocycles. The van der Waals surface area contributed by atoms with E-state index >= 15 is 0 Å². The molecule has 1 aromatic carbocycles. The largest absolute Gasteiger partial charge is 0.506 e. The lowest BCUT2D eigenvalue weighted by atomic mass is 10.1. The van der Waals surface area contributed by atoms with E-state index in [-0.39, 0.29) is 11.3 Å². The highest BCUT2D eigenvalue weighted by Crippen LogP contribution is 2.35. The van der Waals surface area contributed by atoms with Crippen molar-refractivity contribution in [3.63, 3.8) is 0 Å². The number of ether oxygens (including phenoxy) is 2. The monoisotopic (exact) mass is 446 g/mol. The van der Waals surface area contributed by atoms with Crippen LogP contribution >= 0.6 is 31.9 Å². The lowest BCUT2D eigenvalue weighted by Gasteiger charge is -2.33. The van der Waals surface area contributed by atoms with Crippen LogP contribution in [0.1, 0.15) is 38.7 Å². The number of benzene rings is 1. The highest BCUT2D eigenvalue weighted by molar-refractivity contribution is 9.11. The lowest BCUT2D eigenvalue weighted by Crippen LogP contribution is -2.44. The van der Waals surface area contributed by atoms with Crippen molar-refractivity contribution in [2.75, 3.05) is 0 Å². The Morgan fingerprint density at radius 1 is 1.22 bits per heavy atom. The molecule has 124 valence electrons. The normalized spacial score (nSPS) is 21.0. The number of halogens is 2. The van der Waals surface area contributed by atoms with Gasteiger partial charge in [0.1, 0.15) is 11.3 Å². The standard InChI is InChI=1S/C16H16Br2O5/c1-3-4-5-16(2)22-14(20)11(15(21)23-16)7-9-6-10(17)8-12(18)13(9)19/h6-8,19H,3-5H2,1-2H3. The molecular formula is C16H16Br2O5. The molecule has 1 aliphatic rings. The maximum Gasteiger partial charge on any atom is 0.348 e. The number of esters is 2. The molecule has 2 rings (SSSR count). The van der Waals surface area contributed by atoms with Crippen LogP contribution < -0.4 is 0 Å². The molecule has 0 aromatic heterocycles. The summed E-state index contributed by atoms with van der Waals surface area (Å²) in [5.41, 5.74) is 0.0478. The summed E-state index contributed by atoms with van der Waals surface area (Å²) in [6.07, 6.45) is 3.37. The van der Waals surface area contributed by atoms with Crippen LogP contribution in [-0.2, 0) is 19.1 Å². The fraction of sp³-hybridized carbons (Fsp3) is 0.375. The van der Waals surface area contributed by atoms with Gasteiger partial charge in [-0.2, -0.15) is 0 Å². The van der Waals surface area contributed by atoms with Gasteiger partial charge < -0.3 is 14.6 Å². The van der Waals surface area contributed by atoms with Crippen LogP contribution in [-0.4, -0.2) is 22.8 Å². The topological polar surface area (TPSA) is 72.8 Å². The Balaban J connectivity index is 2.32. The van der Waals surface area contributed by atoms with E-state index < -0.39 is 17.7 Å². The first-order chi connectivity index (χ1) is 10.8. The van der Waals surface area contributed by atoms with Crippen molar-refractivity contribution in [2.24, 2.45) is 0 Å². The first kappa shape index (κ1) is 18.0. The summed E-state index contributed by atoms with van der Waals surface area (Å²) in [5, 5.41) is 10.0. The van der Waals surface area contributed by atoms with Crippen molar-refractivity contribution in [2.45, 2.75) is 38.9 Å². The van der Waals surface area contributed by atoms with E-state index in [1.54, 1.807) is 19.1 Å². The van der Waals surface area contributed by atoms with Crippen LogP contribution in [0, 0.1) is 0 Å². The van der Waals surface area contributed by atoms with E-state index in [4.69, 9.17) is 9.47 Å². The molecule has 7 heteroatoms. The van der Waals surface area contributed by atoms with Gasteiger partial charge in [-0.05, 0) is 40.6 Å². The second-order valence-electron chi connectivity index (χ2n) is 5.40. The first-order valence-corrected chi connectivity index (χ1v) is 8.71. The first-order valence-electron chi connectivity index (χ1n) is 7.12. The zero-order valence-electron chi connectivity index (χ0n) is 12.7. The second-order valence-corrected chi connectivity index (χ2v) is 7.17. The number of carbonyl (C=O) groups excluding carboxylic acids is 2. The molecule has 0 radical (unpaired) electrons. The van der Waals surface area contributed by atoms with Crippen LogP contribution in [0.15, 0.2) is 26.7 Å². The molecule has 1 fully saturated rings. The smallest absolute Gasteiger partial charge is 0.348 e. The minimum absolute atomic E-state index is 0.0828. The number of phenols is 1. The predicted octanol–water partition coefficient (Wildman–Crippen LogP) is 4.31. The minimum atomic E-state index is -1.23. The molecule has 1 N–H and O–H groups in total. The second kappa shape index (κ2) is 7.05. The zero-order chi connectivity index (χ0) is 17.2. The van der Waals surface area contributed by atoms with Gasteiger partial charge in [0.15, 0.2) is 0 Å².